The number of hydrogen-bond donors (Lipinski definition) is 1. The summed E-state index contributed by atoms with van der Waals surface area (Å²) in [6.45, 7) is 5.45. The normalized spacial score (nSPS) is 19.2. The van der Waals surface area contributed by atoms with E-state index in [9.17, 15) is 4.79 Å². The Bertz CT molecular complexity index is 933. The first-order valence-electron chi connectivity index (χ1n) is 9.07. The summed E-state index contributed by atoms with van der Waals surface area (Å²) in [6.07, 6.45) is 0.788. The van der Waals surface area contributed by atoms with Crippen LogP contribution in [0.5, 0.6) is 0 Å². The standard InChI is InChI=1S/C20H23N5OS/c1-20(2)13-24(11-10-16(20)21)19(26)17-22-18(15-9-6-12-27-15)25(23-17)14-7-4-3-5-8-14/h3-9,12,16H,10-11,13,21H2,1-2H3. The third-order valence-electron chi connectivity index (χ3n) is 5.14. The minimum Gasteiger partial charge on any atom is -0.335 e. The highest BCUT2D eigenvalue weighted by Gasteiger charge is 2.36. The summed E-state index contributed by atoms with van der Waals surface area (Å²) in [5.41, 5.74) is 6.97. The SMILES string of the molecule is CC1(C)CN(C(=O)c2nc(-c3cccs3)n(-c3ccccc3)n2)CCC1N. The van der Waals surface area contributed by atoms with Crippen LogP contribution >= 0.6 is 11.3 Å². The van der Waals surface area contributed by atoms with Gasteiger partial charge in [-0.15, -0.1) is 16.4 Å². The molecule has 1 amide bonds. The second kappa shape index (κ2) is 6.90. The number of carbonyl (C=O) groups excluding carboxylic acids is 1. The molecule has 1 saturated heterocycles. The van der Waals surface area contributed by atoms with Crippen LogP contribution in [0.4, 0.5) is 0 Å². The number of hydrogen-bond acceptors (Lipinski definition) is 5. The third-order valence-corrected chi connectivity index (χ3v) is 6.01. The predicted molar refractivity (Wildman–Crippen MR) is 107 cm³/mol. The molecule has 7 heteroatoms. The fourth-order valence-corrected chi connectivity index (χ4v) is 4.10. The Hall–Kier alpha value is -2.51. The van der Waals surface area contributed by atoms with Gasteiger partial charge in [-0.25, -0.2) is 9.67 Å². The second-order valence-corrected chi connectivity index (χ2v) is 8.54. The van der Waals surface area contributed by atoms with Crippen LogP contribution in [0.1, 0.15) is 30.9 Å². The number of para-hydroxylation sites is 1. The van der Waals surface area contributed by atoms with E-state index in [1.165, 1.54) is 0 Å². The van der Waals surface area contributed by atoms with Gasteiger partial charge in [0, 0.05) is 19.1 Å². The van der Waals surface area contributed by atoms with Crippen LogP contribution in [-0.2, 0) is 0 Å². The molecular formula is C20H23N5OS. The van der Waals surface area contributed by atoms with E-state index in [-0.39, 0.29) is 23.2 Å². The van der Waals surface area contributed by atoms with Crippen LogP contribution in [0, 0.1) is 5.41 Å². The fraction of sp³-hybridized carbons (Fsp3) is 0.350. The van der Waals surface area contributed by atoms with Gasteiger partial charge in [0.05, 0.1) is 10.6 Å². The van der Waals surface area contributed by atoms with Gasteiger partial charge < -0.3 is 10.6 Å². The number of amides is 1. The number of carbonyl (C=O) groups is 1. The highest BCUT2D eigenvalue weighted by atomic mass is 32.1. The molecule has 1 aromatic carbocycles. The third kappa shape index (κ3) is 3.40. The average Bonchev–Trinajstić information content (AvgIpc) is 3.33. The molecule has 1 aliphatic rings. The largest absolute Gasteiger partial charge is 0.335 e. The van der Waals surface area contributed by atoms with Crippen molar-refractivity contribution in [1.29, 1.82) is 0 Å². The molecule has 1 aliphatic heterocycles. The Balaban J connectivity index is 1.71. The molecule has 6 nitrogen and oxygen atoms in total. The quantitative estimate of drug-likeness (QED) is 0.756. The van der Waals surface area contributed by atoms with Crippen LogP contribution in [-0.4, -0.2) is 44.7 Å². The van der Waals surface area contributed by atoms with Gasteiger partial charge in [-0.05, 0) is 35.4 Å². The van der Waals surface area contributed by atoms with E-state index in [2.05, 4.69) is 23.9 Å². The monoisotopic (exact) mass is 381 g/mol. The summed E-state index contributed by atoms with van der Waals surface area (Å²) in [5, 5.41) is 6.56. The maximum atomic E-state index is 13.1. The second-order valence-electron chi connectivity index (χ2n) is 7.59. The summed E-state index contributed by atoms with van der Waals surface area (Å²) in [5.74, 6) is 0.781. The summed E-state index contributed by atoms with van der Waals surface area (Å²) in [4.78, 5) is 20.5. The van der Waals surface area contributed by atoms with Crippen LogP contribution in [0.15, 0.2) is 47.8 Å². The summed E-state index contributed by atoms with van der Waals surface area (Å²) < 4.78 is 1.75. The summed E-state index contributed by atoms with van der Waals surface area (Å²) in [6, 6.07) is 13.8. The van der Waals surface area contributed by atoms with Crippen molar-refractivity contribution < 1.29 is 4.79 Å². The average molecular weight is 382 g/mol. The van der Waals surface area contributed by atoms with E-state index in [0.717, 1.165) is 17.0 Å². The zero-order chi connectivity index (χ0) is 19.0. The Morgan fingerprint density at radius 1 is 1.22 bits per heavy atom. The lowest BCUT2D eigenvalue weighted by Crippen LogP contribution is -2.54. The Morgan fingerprint density at radius 3 is 2.67 bits per heavy atom. The number of aromatic nitrogens is 3. The first kappa shape index (κ1) is 17.9. The molecule has 0 bridgehead atoms. The van der Waals surface area contributed by atoms with Crippen molar-refractivity contribution in [1.82, 2.24) is 19.7 Å². The van der Waals surface area contributed by atoms with Crippen molar-refractivity contribution in [3.63, 3.8) is 0 Å². The molecule has 4 rings (SSSR count). The van der Waals surface area contributed by atoms with E-state index in [1.54, 1.807) is 16.0 Å². The van der Waals surface area contributed by atoms with Crippen LogP contribution in [0.25, 0.3) is 16.4 Å². The zero-order valence-electron chi connectivity index (χ0n) is 15.5. The van der Waals surface area contributed by atoms with Gasteiger partial charge in [0.15, 0.2) is 5.82 Å². The first-order chi connectivity index (χ1) is 13.0. The summed E-state index contributed by atoms with van der Waals surface area (Å²) in [7, 11) is 0. The van der Waals surface area contributed by atoms with Crippen LogP contribution in [0.3, 0.4) is 0 Å². The van der Waals surface area contributed by atoms with Gasteiger partial charge in [-0.2, -0.15) is 0 Å². The fourth-order valence-electron chi connectivity index (χ4n) is 3.41. The lowest BCUT2D eigenvalue weighted by Gasteiger charge is -2.42. The minimum atomic E-state index is -0.137. The van der Waals surface area contributed by atoms with E-state index < -0.39 is 0 Å². The van der Waals surface area contributed by atoms with E-state index in [0.29, 0.717) is 18.9 Å². The molecule has 0 saturated carbocycles. The van der Waals surface area contributed by atoms with Gasteiger partial charge >= 0.3 is 0 Å². The van der Waals surface area contributed by atoms with Crippen LogP contribution < -0.4 is 5.73 Å². The molecule has 140 valence electrons. The van der Waals surface area contributed by atoms with Gasteiger partial charge in [0.1, 0.15) is 0 Å². The molecule has 2 N–H and O–H groups in total. The number of likely N-dealkylation sites (tertiary alicyclic amines) is 1. The molecule has 3 heterocycles. The summed E-state index contributed by atoms with van der Waals surface area (Å²) >= 11 is 1.58. The van der Waals surface area contributed by atoms with Crippen molar-refractivity contribution in [3.05, 3.63) is 53.7 Å². The smallest absolute Gasteiger partial charge is 0.293 e. The van der Waals surface area contributed by atoms with E-state index in [4.69, 9.17) is 5.73 Å². The number of nitrogens with zero attached hydrogens (tertiary/aromatic N) is 4. The number of nitrogens with two attached hydrogens (primary N) is 1. The van der Waals surface area contributed by atoms with Crippen molar-refractivity contribution >= 4 is 17.2 Å². The van der Waals surface area contributed by atoms with Crippen molar-refractivity contribution in [3.8, 4) is 16.4 Å². The topological polar surface area (TPSA) is 77.0 Å². The number of benzene rings is 1. The Kier molecular flexibility index (Phi) is 4.57. The highest BCUT2D eigenvalue weighted by Crippen LogP contribution is 2.29. The zero-order valence-corrected chi connectivity index (χ0v) is 16.3. The molecule has 2 aromatic heterocycles. The number of thiophene rings is 1. The van der Waals surface area contributed by atoms with Crippen LogP contribution in [0.2, 0.25) is 0 Å². The molecule has 1 unspecified atom stereocenters. The highest BCUT2D eigenvalue weighted by molar-refractivity contribution is 7.13. The molecule has 0 aliphatic carbocycles. The van der Waals surface area contributed by atoms with Gasteiger partial charge in [-0.3, -0.25) is 4.79 Å². The maximum Gasteiger partial charge on any atom is 0.293 e. The lowest BCUT2D eigenvalue weighted by atomic mass is 9.79. The lowest BCUT2D eigenvalue weighted by molar-refractivity contribution is 0.0521. The molecule has 0 radical (unpaired) electrons. The minimum absolute atomic E-state index is 0.0954. The van der Waals surface area contributed by atoms with Gasteiger partial charge in [-0.1, -0.05) is 38.1 Å². The number of rotatable bonds is 3. The molecule has 0 spiro atoms. The molecular weight excluding hydrogens is 358 g/mol. The Labute approximate surface area is 162 Å². The van der Waals surface area contributed by atoms with Crippen molar-refractivity contribution in [2.75, 3.05) is 13.1 Å². The predicted octanol–water partition coefficient (Wildman–Crippen LogP) is 3.20. The molecule has 27 heavy (non-hydrogen) atoms. The van der Waals surface area contributed by atoms with E-state index >= 15 is 0 Å². The first-order valence-corrected chi connectivity index (χ1v) is 9.95. The molecule has 1 fully saturated rings. The van der Waals surface area contributed by atoms with Crippen molar-refractivity contribution in [2.24, 2.45) is 11.1 Å². The maximum absolute atomic E-state index is 13.1. The Morgan fingerprint density at radius 2 is 2.00 bits per heavy atom. The van der Waals surface area contributed by atoms with Gasteiger partial charge in [0.25, 0.3) is 5.91 Å². The van der Waals surface area contributed by atoms with Crippen molar-refractivity contribution in [2.45, 2.75) is 26.3 Å². The molecule has 3 aromatic rings. The molecule has 1 atom stereocenters. The number of piperidine rings is 1. The van der Waals surface area contributed by atoms with Gasteiger partial charge in [0.2, 0.25) is 5.82 Å². The van der Waals surface area contributed by atoms with E-state index in [1.807, 2.05) is 52.7 Å².